The lowest BCUT2D eigenvalue weighted by Crippen LogP contribution is -2.38. The van der Waals surface area contributed by atoms with Crippen LogP contribution in [-0.2, 0) is 22.5 Å². The molecule has 2 fully saturated rings. The van der Waals surface area contributed by atoms with Crippen molar-refractivity contribution in [1.29, 1.82) is 0 Å². The fraction of sp³-hybridized carbons (Fsp3) is 0.429. The Balaban J connectivity index is 1.56. The maximum atomic E-state index is 13.3. The highest BCUT2D eigenvalue weighted by Gasteiger charge is 2.36. The first-order chi connectivity index (χ1) is 17.2. The summed E-state index contributed by atoms with van der Waals surface area (Å²) >= 11 is 0. The highest BCUT2D eigenvalue weighted by molar-refractivity contribution is 5.81. The highest BCUT2D eigenvalue weighted by atomic mass is 16.5. The smallest absolute Gasteiger partial charge is 0.228 e. The van der Waals surface area contributed by atoms with Crippen LogP contribution in [0.1, 0.15) is 43.9 Å². The van der Waals surface area contributed by atoms with Gasteiger partial charge < -0.3 is 19.1 Å². The van der Waals surface area contributed by atoms with Gasteiger partial charge in [-0.3, -0.25) is 4.79 Å². The van der Waals surface area contributed by atoms with E-state index in [0.29, 0.717) is 30.5 Å². The molecule has 35 heavy (non-hydrogen) atoms. The summed E-state index contributed by atoms with van der Waals surface area (Å²) in [6.45, 7) is 3.89. The van der Waals surface area contributed by atoms with Crippen LogP contribution < -0.4 is 9.47 Å². The van der Waals surface area contributed by atoms with E-state index in [-0.39, 0.29) is 17.9 Å². The van der Waals surface area contributed by atoms with Crippen molar-refractivity contribution >= 4 is 5.91 Å². The molecule has 0 bridgehead atoms. The van der Waals surface area contributed by atoms with Gasteiger partial charge in [-0.25, -0.2) is 4.68 Å². The van der Waals surface area contributed by atoms with Gasteiger partial charge in [-0.05, 0) is 56.4 Å². The molecule has 3 aromatic rings. The zero-order valence-electron chi connectivity index (χ0n) is 20.5. The van der Waals surface area contributed by atoms with Gasteiger partial charge in [0.2, 0.25) is 11.8 Å². The lowest BCUT2D eigenvalue weighted by Gasteiger charge is -2.26. The van der Waals surface area contributed by atoms with Crippen molar-refractivity contribution in [3.8, 4) is 23.1 Å². The van der Waals surface area contributed by atoms with Gasteiger partial charge in [0.15, 0.2) is 11.5 Å². The van der Waals surface area contributed by atoms with Crippen LogP contribution in [0.25, 0.3) is 5.69 Å². The van der Waals surface area contributed by atoms with Crippen molar-refractivity contribution in [1.82, 2.24) is 14.7 Å². The summed E-state index contributed by atoms with van der Waals surface area (Å²) in [4.78, 5) is 15.3. The van der Waals surface area contributed by atoms with Gasteiger partial charge in [0, 0.05) is 19.1 Å². The molecule has 2 heterocycles. The number of aromatic nitrogens is 2. The van der Waals surface area contributed by atoms with Crippen LogP contribution in [0.5, 0.6) is 17.4 Å². The second kappa shape index (κ2) is 10.5. The Morgan fingerprint density at radius 1 is 1.09 bits per heavy atom. The summed E-state index contributed by atoms with van der Waals surface area (Å²) in [5, 5.41) is 4.94. The molecule has 1 atom stereocenters. The SMILES string of the molecule is CCc1nn(-c2ccccc2)c(Oc2ccccc2OC)c1CN(C[C@H]1CCCO1)C(=O)C1CC1. The Hall–Kier alpha value is -3.32. The van der Waals surface area contributed by atoms with Crippen LogP contribution in [0.4, 0.5) is 0 Å². The van der Waals surface area contributed by atoms with Crippen LogP contribution in [0, 0.1) is 5.92 Å². The van der Waals surface area contributed by atoms with Gasteiger partial charge in [-0.15, -0.1) is 0 Å². The number of rotatable bonds is 10. The summed E-state index contributed by atoms with van der Waals surface area (Å²) in [6, 6.07) is 17.5. The molecule has 2 aliphatic rings. The number of amides is 1. The van der Waals surface area contributed by atoms with E-state index in [1.165, 1.54) is 0 Å². The largest absolute Gasteiger partial charge is 0.493 e. The molecule has 1 aromatic heterocycles. The third kappa shape index (κ3) is 5.20. The molecular formula is C28H33N3O4. The number of methoxy groups -OCH3 is 1. The number of carbonyl (C=O) groups excluding carboxylic acids is 1. The minimum atomic E-state index is 0.0885. The monoisotopic (exact) mass is 475 g/mol. The first-order valence-corrected chi connectivity index (χ1v) is 12.5. The zero-order chi connectivity index (χ0) is 24.2. The Labute approximate surface area is 206 Å². The Morgan fingerprint density at radius 2 is 1.83 bits per heavy atom. The molecule has 0 unspecified atom stereocenters. The first-order valence-electron chi connectivity index (χ1n) is 12.5. The molecule has 1 saturated heterocycles. The highest BCUT2D eigenvalue weighted by Crippen LogP contribution is 2.38. The van der Waals surface area contributed by atoms with E-state index in [1.807, 2.05) is 64.2 Å². The number of benzene rings is 2. The van der Waals surface area contributed by atoms with Crippen LogP contribution in [0.3, 0.4) is 0 Å². The number of para-hydroxylation sites is 3. The van der Waals surface area contributed by atoms with E-state index < -0.39 is 0 Å². The maximum Gasteiger partial charge on any atom is 0.228 e. The number of hydrogen-bond donors (Lipinski definition) is 0. The van der Waals surface area contributed by atoms with Gasteiger partial charge in [0.25, 0.3) is 0 Å². The average molecular weight is 476 g/mol. The summed E-state index contributed by atoms with van der Waals surface area (Å²) in [6.07, 6.45) is 4.78. The van der Waals surface area contributed by atoms with Gasteiger partial charge in [-0.2, -0.15) is 5.10 Å². The summed E-state index contributed by atoms with van der Waals surface area (Å²) in [5.74, 6) is 2.19. The minimum Gasteiger partial charge on any atom is -0.493 e. The minimum absolute atomic E-state index is 0.0885. The number of nitrogens with zero attached hydrogens (tertiary/aromatic N) is 3. The van der Waals surface area contributed by atoms with Crippen molar-refractivity contribution in [2.24, 2.45) is 5.92 Å². The van der Waals surface area contributed by atoms with Crippen molar-refractivity contribution < 1.29 is 19.0 Å². The van der Waals surface area contributed by atoms with Crippen LogP contribution >= 0.6 is 0 Å². The number of carbonyl (C=O) groups is 1. The van der Waals surface area contributed by atoms with Crippen LogP contribution in [0.2, 0.25) is 0 Å². The lowest BCUT2D eigenvalue weighted by atomic mass is 10.1. The van der Waals surface area contributed by atoms with Gasteiger partial charge in [0.1, 0.15) is 0 Å². The van der Waals surface area contributed by atoms with Gasteiger partial charge >= 0.3 is 0 Å². The molecule has 7 nitrogen and oxygen atoms in total. The Bertz CT molecular complexity index is 1150. The molecule has 1 aliphatic heterocycles. The van der Waals surface area contributed by atoms with E-state index in [9.17, 15) is 4.79 Å². The zero-order valence-corrected chi connectivity index (χ0v) is 20.5. The number of hydrogen-bond acceptors (Lipinski definition) is 5. The summed E-state index contributed by atoms with van der Waals surface area (Å²) < 4.78 is 19.8. The van der Waals surface area contributed by atoms with E-state index >= 15 is 0 Å². The van der Waals surface area contributed by atoms with Crippen molar-refractivity contribution in [3.05, 3.63) is 65.9 Å². The third-order valence-corrected chi connectivity index (χ3v) is 6.67. The molecule has 0 radical (unpaired) electrons. The van der Waals surface area contributed by atoms with Crippen molar-refractivity contribution in [2.75, 3.05) is 20.3 Å². The van der Waals surface area contributed by atoms with E-state index in [2.05, 4.69) is 6.92 Å². The van der Waals surface area contributed by atoms with E-state index in [1.54, 1.807) is 7.11 Å². The molecule has 1 aliphatic carbocycles. The predicted molar refractivity (Wildman–Crippen MR) is 133 cm³/mol. The van der Waals surface area contributed by atoms with E-state index in [0.717, 1.165) is 55.7 Å². The fourth-order valence-electron chi connectivity index (χ4n) is 4.62. The van der Waals surface area contributed by atoms with Gasteiger partial charge in [0.05, 0.1) is 36.7 Å². The predicted octanol–water partition coefficient (Wildman–Crippen LogP) is 5.15. The molecular weight excluding hydrogens is 442 g/mol. The fourth-order valence-corrected chi connectivity index (χ4v) is 4.62. The quantitative estimate of drug-likeness (QED) is 0.406. The molecule has 7 heteroatoms. The third-order valence-electron chi connectivity index (χ3n) is 6.67. The number of ether oxygens (including phenoxy) is 3. The summed E-state index contributed by atoms with van der Waals surface area (Å²) in [5.41, 5.74) is 2.74. The standard InChI is InChI=1S/C28H33N3O4/c1-3-24-23(19-30(27(32)20-15-16-20)18-22-12-9-17-34-22)28(31(29-24)21-10-5-4-6-11-21)35-26-14-8-7-13-25(26)33-2/h4-8,10-11,13-14,20,22H,3,9,12,15-19H2,1-2H3/t22-/m1/s1. The second-order valence-corrected chi connectivity index (χ2v) is 9.21. The number of aryl methyl sites for hydroxylation is 1. The van der Waals surface area contributed by atoms with Crippen molar-refractivity contribution in [2.45, 2.75) is 51.7 Å². The first kappa shape index (κ1) is 23.4. The second-order valence-electron chi connectivity index (χ2n) is 9.21. The molecule has 1 amide bonds. The lowest BCUT2D eigenvalue weighted by molar-refractivity contribution is -0.134. The van der Waals surface area contributed by atoms with Gasteiger partial charge in [-0.1, -0.05) is 37.3 Å². The maximum absolute atomic E-state index is 13.3. The van der Waals surface area contributed by atoms with Crippen molar-refractivity contribution in [3.63, 3.8) is 0 Å². The topological polar surface area (TPSA) is 65.8 Å². The molecule has 184 valence electrons. The Kier molecular flexibility index (Phi) is 7.04. The molecule has 5 rings (SSSR count). The van der Waals surface area contributed by atoms with Crippen LogP contribution in [-0.4, -0.2) is 47.0 Å². The van der Waals surface area contributed by atoms with Crippen LogP contribution in [0.15, 0.2) is 54.6 Å². The Morgan fingerprint density at radius 3 is 2.49 bits per heavy atom. The average Bonchev–Trinajstić information content (AvgIpc) is 3.52. The summed E-state index contributed by atoms with van der Waals surface area (Å²) in [7, 11) is 1.63. The molecule has 2 aromatic carbocycles. The van der Waals surface area contributed by atoms with E-state index in [4.69, 9.17) is 19.3 Å². The molecule has 0 N–H and O–H groups in total. The molecule has 1 saturated carbocycles. The molecule has 0 spiro atoms. The normalized spacial score (nSPS) is 17.4.